The molecule has 0 aromatic heterocycles. The van der Waals surface area contributed by atoms with E-state index in [0.717, 1.165) is 12.3 Å². The van der Waals surface area contributed by atoms with E-state index >= 15 is 0 Å². The van der Waals surface area contributed by atoms with Crippen molar-refractivity contribution in [2.45, 2.75) is 19.1 Å². The molecule has 1 aromatic rings. The van der Waals surface area contributed by atoms with Crippen LogP contribution in [0.25, 0.3) is 0 Å². The van der Waals surface area contributed by atoms with E-state index in [9.17, 15) is 0 Å². The minimum absolute atomic E-state index is 0.243. The molecule has 88 valence electrons. The van der Waals surface area contributed by atoms with Crippen LogP contribution >= 0.6 is 11.6 Å². The summed E-state index contributed by atoms with van der Waals surface area (Å²) in [5, 5.41) is 4.01. The fourth-order valence-corrected chi connectivity index (χ4v) is 1.78. The third kappa shape index (κ3) is 3.11. The highest BCUT2D eigenvalue weighted by Crippen LogP contribution is 2.23. The Balaban J connectivity index is 1.81. The van der Waals surface area contributed by atoms with Crippen molar-refractivity contribution in [2.75, 3.05) is 19.8 Å². The SMILES string of the molecule is CC1CNC(COc2ccccc2Cl)CO1. The Morgan fingerprint density at radius 2 is 2.31 bits per heavy atom. The van der Waals surface area contributed by atoms with Crippen LogP contribution in [0.3, 0.4) is 0 Å². The molecule has 0 spiro atoms. The smallest absolute Gasteiger partial charge is 0.137 e. The lowest BCUT2D eigenvalue weighted by molar-refractivity contribution is 0.00457. The summed E-state index contributed by atoms with van der Waals surface area (Å²) in [6.07, 6.45) is 0.288. The maximum absolute atomic E-state index is 5.99. The largest absolute Gasteiger partial charge is 0.490 e. The van der Waals surface area contributed by atoms with Gasteiger partial charge in [-0.05, 0) is 19.1 Å². The van der Waals surface area contributed by atoms with E-state index in [1.807, 2.05) is 24.3 Å². The normalized spacial score (nSPS) is 25.4. The lowest BCUT2D eigenvalue weighted by atomic mass is 10.2. The summed E-state index contributed by atoms with van der Waals surface area (Å²) in [5.74, 6) is 0.726. The van der Waals surface area contributed by atoms with Gasteiger partial charge in [0.1, 0.15) is 12.4 Å². The van der Waals surface area contributed by atoms with Crippen molar-refractivity contribution in [3.05, 3.63) is 29.3 Å². The van der Waals surface area contributed by atoms with Gasteiger partial charge in [-0.1, -0.05) is 23.7 Å². The van der Waals surface area contributed by atoms with Crippen molar-refractivity contribution in [1.29, 1.82) is 0 Å². The number of hydrogen-bond acceptors (Lipinski definition) is 3. The molecule has 2 unspecified atom stereocenters. The Hall–Kier alpha value is -0.770. The molecular formula is C12H16ClNO2. The van der Waals surface area contributed by atoms with Crippen LogP contribution in [0, 0.1) is 0 Å². The predicted octanol–water partition coefficient (Wildman–Crippen LogP) is 2.10. The van der Waals surface area contributed by atoms with E-state index in [2.05, 4.69) is 12.2 Å². The lowest BCUT2D eigenvalue weighted by Gasteiger charge is -2.28. The summed E-state index contributed by atoms with van der Waals surface area (Å²) >= 11 is 5.99. The molecule has 0 bridgehead atoms. The van der Waals surface area contributed by atoms with Gasteiger partial charge in [-0.25, -0.2) is 0 Å². The highest BCUT2D eigenvalue weighted by molar-refractivity contribution is 6.32. The Morgan fingerprint density at radius 3 is 3.00 bits per heavy atom. The van der Waals surface area contributed by atoms with Crippen molar-refractivity contribution >= 4 is 11.6 Å². The van der Waals surface area contributed by atoms with E-state index < -0.39 is 0 Å². The fourth-order valence-electron chi connectivity index (χ4n) is 1.59. The predicted molar refractivity (Wildman–Crippen MR) is 64.2 cm³/mol. The first-order chi connectivity index (χ1) is 7.75. The van der Waals surface area contributed by atoms with E-state index in [4.69, 9.17) is 21.1 Å². The molecule has 1 N–H and O–H groups in total. The van der Waals surface area contributed by atoms with Crippen molar-refractivity contribution in [1.82, 2.24) is 5.32 Å². The number of morpholine rings is 1. The Kier molecular flexibility index (Phi) is 4.04. The zero-order chi connectivity index (χ0) is 11.4. The van der Waals surface area contributed by atoms with Gasteiger partial charge in [0, 0.05) is 6.54 Å². The van der Waals surface area contributed by atoms with Gasteiger partial charge in [-0.3, -0.25) is 0 Å². The number of para-hydroxylation sites is 1. The van der Waals surface area contributed by atoms with Gasteiger partial charge in [0.2, 0.25) is 0 Å². The number of hydrogen-bond donors (Lipinski definition) is 1. The molecule has 1 heterocycles. The van der Waals surface area contributed by atoms with Gasteiger partial charge in [0.05, 0.1) is 23.8 Å². The number of nitrogens with one attached hydrogen (secondary N) is 1. The number of ether oxygens (including phenoxy) is 2. The quantitative estimate of drug-likeness (QED) is 0.879. The minimum atomic E-state index is 0.243. The second-order valence-corrected chi connectivity index (χ2v) is 4.40. The van der Waals surface area contributed by atoms with Crippen molar-refractivity contribution in [3.8, 4) is 5.75 Å². The number of benzene rings is 1. The Bertz CT molecular complexity index is 338. The summed E-state index contributed by atoms with van der Waals surface area (Å²) in [6, 6.07) is 7.73. The van der Waals surface area contributed by atoms with Crippen LogP contribution in [0.4, 0.5) is 0 Å². The number of rotatable bonds is 3. The summed E-state index contributed by atoms with van der Waals surface area (Å²) in [5.41, 5.74) is 0. The monoisotopic (exact) mass is 241 g/mol. The van der Waals surface area contributed by atoms with Gasteiger partial charge in [0.15, 0.2) is 0 Å². The van der Waals surface area contributed by atoms with E-state index in [1.54, 1.807) is 0 Å². The molecule has 1 aliphatic heterocycles. The molecule has 2 atom stereocenters. The van der Waals surface area contributed by atoms with Crippen molar-refractivity contribution < 1.29 is 9.47 Å². The molecule has 3 nitrogen and oxygen atoms in total. The molecular weight excluding hydrogens is 226 g/mol. The van der Waals surface area contributed by atoms with E-state index in [0.29, 0.717) is 18.2 Å². The molecule has 2 rings (SSSR count). The summed E-state index contributed by atoms with van der Waals surface area (Å²) in [6.45, 7) is 4.19. The van der Waals surface area contributed by atoms with Gasteiger partial charge in [-0.2, -0.15) is 0 Å². The van der Waals surface area contributed by atoms with Crippen LogP contribution in [-0.4, -0.2) is 31.9 Å². The van der Waals surface area contributed by atoms with E-state index in [1.165, 1.54) is 0 Å². The molecule has 0 amide bonds. The zero-order valence-electron chi connectivity index (χ0n) is 9.28. The fraction of sp³-hybridized carbons (Fsp3) is 0.500. The second kappa shape index (κ2) is 5.53. The zero-order valence-corrected chi connectivity index (χ0v) is 10.0. The molecule has 1 saturated heterocycles. The Labute approximate surface area is 101 Å². The lowest BCUT2D eigenvalue weighted by Crippen LogP contribution is -2.48. The first-order valence-electron chi connectivity index (χ1n) is 5.48. The summed E-state index contributed by atoms with van der Waals surface area (Å²) in [4.78, 5) is 0. The van der Waals surface area contributed by atoms with Crippen LogP contribution in [0.1, 0.15) is 6.92 Å². The van der Waals surface area contributed by atoms with Crippen LogP contribution in [0.15, 0.2) is 24.3 Å². The highest BCUT2D eigenvalue weighted by atomic mass is 35.5. The van der Waals surface area contributed by atoms with Gasteiger partial charge < -0.3 is 14.8 Å². The standard InChI is InChI=1S/C12H16ClNO2/c1-9-6-14-10(7-15-9)8-16-12-5-3-2-4-11(12)13/h2-5,9-10,14H,6-8H2,1H3. The van der Waals surface area contributed by atoms with Crippen LogP contribution in [0.2, 0.25) is 5.02 Å². The second-order valence-electron chi connectivity index (χ2n) is 3.99. The molecule has 1 aromatic carbocycles. The van der Waals surface area contributed by atoms with E-state index in [-0.39, 0.29) is 12.1 Å². The first kappa shape index (κ1) is 11.7. The van der Waals surface area contributed by atoms with Crippen molar-refractivity contribution in [3.63, 3.8) is 0 Å². The maximum Gasteiger partial charge on any atom is 0.137 e. The first-order valence-corrected chi connectivity index (χ1v) is 5.86. The van der Waals surface area contributed by atoms with Crippen LogP contribution in [-0.2, 0) is 4.74 Å². The third-order valence-electron chi connectivity index (χ3n) is 2.55. The minimum Gasteiger partial charge on any atom is -0.490 e. The van der Waals surface area contributed by atoms with Gasteiger partial charge in [-0.15, -0.1) is 0 Å². The van der Waals surface area contributed by atoms with Crippen LogP contribution < -0.4 is 10.1 Å². The summed E-state index contributed by atoms with van der Waals surface area (Å²) < 4.78 is 11.2. The molecule has 0 saturated carbocycles. The molecule has 1 aliphatic rings. The third-order valence-corrected chi connectivity index (χ3v) is 2.86. The molecule has 1 fully saturated rings. The topological polar surface area (TPSA) is 30.5 Å². The Morgan fingerprint density at radius 1 is 1.50 bits per heavy atom. The molecule has 0 radical (unpaired) electrons. The average Bonchev–Trinajstić information content (AvgIpc) is 2.30. The highest BCUT2D eigenvalue weighted by Gasteiger charge is 2.18. The molecule has 16 heavy (non-hydrogen) atoms. The number of halogens is 1. The molecule has 4 heteroatoms. The van der Waals surface area contributed by atoms with Crippen molar-refractivity contribution in [2.24, 2.45) is 0 Å². The van der Waals surface area contributed by atoms with Gasteiger partial charge >= 0.3 is 0 Å². The van der Waals surface area contributed by atoms with Gasteiger partial charge in [0.25, 0.3) is 0 Å². The average molecular weight is 242 g/mol. The molecule has 0 aliphatic carbocycles. The summed E-state index contributed by atoms with van der Waals surface area (Å²) in [7, 11) is 0. The maximum atomic E-state index is 5.99. The van der Waals surface area contributed by atoms with Crippen LogP contribution in [0.5, 0.6) is 5.75 Å².